The lowest BCUT2D eigenvalue weighted by molar-refractivity contribution is 0.1000. The van der Waals surface area contributed by atoms with Gasteiger partial charge in [0.1, 0.15) is 0 Å². The van der Waals surface area contributed by atoms with Crippen molar-refractivity contribution in [2.45, 2.75) is 58.5 Å². The van der Waals surface area contributed by atoms with E-state index in [1.807, 2.05) is 25.1 Å². The second-order valence-electron chi connectivity index (χ2n) is 6.02. The summed E-state index contributed by atoms with van der Waals surface area (Å²) in [6, 6.07) is 6.36. The zero-order chi connectivity index (χ0) is 14.5. The minimum absolute atomic E-state index is 0.356. The standard InChI is InChI=1S/C17H26N2O/c1-3-13-5-4-6-16(10-13)19-11-15-8-7-14(17(18)20)9-12(15)2/h7-9,13,16,19H,3-6,10-11H2,1-2H3,(H2,18,20). The van der Waals surface area contributed by atoms with E-state index in [0.29, 0.717) is 11.6 Å². The molecule has 110 valence electrons. The molecule has 1 aromatic carbocycles. The molecule has 1 fully saturated rings. The van der Waals surface area contributed by atoms with Crippen molar-refractivity contribution in [2.24, 2.45) is 11.7 Å². The third-order valence-corrected chi connectivity index (χ3v) is 4.57. The fourth-order valence-electron chi connectivity index (χ4n) is 3.15. The Morgan fingerprint density at radius 3 is 2.85 bits per heavy atom. The molecule has 1 amide bonds. The van der Waals surface area contributed by atoms with E-state index >= 15 is 0 Å². The van der Waals surface area contributed by atoms with Crippen LogP contribution in [0.5, 0.6) is 0 Å². The fraction of sp³-hybridized carbons (Fsp3) is 0.588. The van der Waals surface area contributed by atoms with E-state index in [4.69, 9.17) is 5.73 Å². The number of carbonyl (C=O) groups is 1. The molecular weight excluding hydrogens is 248 g/mol. The van der Waals surface area contributed by atoms with Crippen molar-refractivity contribution in [3.8, 4) is 0 Å². The van der Waals surface area contributed by atoms with Gasteiger partial charge in [-0.05, 0) is 48.9 Å². The summed E-state index contributed by atoms with van der Waals surface area (Å²) in [5.74, 6) is 0.533. The number of nitrogens with two attached hydrogens (primary N) is 1. The van der Waals surface area contributed by atoms with Crippen LogP contribution in [0.2, 0.25) is 0 Å². The van der Waals surface area contributed by atoms with Gasteiger partial charge in [0.2, 0.25) is 5.91 Å². The predicted octanol–water partition coefficient (Wildman–Crippen LogP) is 3.15. The first kappa shape index (κ1) is 15.0. The van der Waals surface area contributed by atoms with Gasteiger partial charge in [0.15, 0.2) is 0 Å². The first-order valence-corrected chi connectivity index (χ1v) is 7.72. The van der Waals surface area contributed by atoms with Gasteiger partial charge in [-0.2, -0.15) is 0 Å². The summed E-state index contributed by atoms with van der Waals surface area (Å²) in [6.07, 6.45) is 6.62. The van der Waals surface area contributed by atoms with Crippen LogP contribution in [0.1, 0.15) is 60.5 Å². The Labute approximate surface area is 121 Å². The molecule has 2 atom stereocenters. The largest absolute Gasteiger partial charge is 0.366 e. The lowest BCUT2D eigenvalue weighted by atomic mass is 9.84. The molecule has 3 nitrogen and oxygen atoms in total. The van der Waals surface area contributed by atoms with Crippen molar-refractivity contribution in [2.75, 3.05) is 0 Å². The molecule has 0 bridgehead atoms. The SMILES string of the molecule is CCC1CCCC(NCc2ccc(C(N)=O)cc2C)C1. The molecule has 1 aliphatic rings. The lowest BCUT2D eigenvalue weighted by Crippen LogP contribution is -2.33. The second-order valence-corrected chi connectivity index (χ2v) is 6.02. The number of rotatable bonds is 5. The van der Waals surface area contributed by atoms with Crippen LogP contribution in [0.25, 0.3) is 0 Å². The van der Waals surface area contributed by atoms with Crippen molar-refractivity contribution >= 4 is 5.91 Å². The topological polar surface area (TPSA) is 55.1 Å². The molecular formula is C17H26N2O. The molecule has 2 rings (SSSR count). The van der Waals surface area contributed by atoms with E-state index in [1.54, 1.807) is 0 Å². The number of aryl methyl sites for hydroxylation is 1. The molecule has 1 saturated carbocycles. The average Bonchev–Trinajstić information content (AvgIpc) is 2.46. The van der Waals surface area contributed by atoms with Crippen LogP contribution in [0.15, 0.2) is 18.2 Å². The number of carbonyl (C=O) groups excluding carboxylic acids is 1. The summed E-state index contributed by atoms with van der Waals surface area (Å²) in [4.78, 5) is 11.1. The highest BCUT2D eigenvalue weighted by molar-refractivity contribution is 5.93. The van der Waals surface area contributed by atoms with Gasteiger partial charge in [0, 0.05) is 18.2 Å². The summed E-state index contributed by atoms with van der Waals surface area (Å²) in [7, 11) is 0. The van der Waals surface area contributed by atoms with Crippen molar-refractivity contribution < 1.29 is 4.79 Å². The molecule has 0 aliphatic heterocycles. The van der Waals surface area contributed by atoms with E-state index in [9.17, 15) is 4.79 Å². The first-order chi connectivity index (χ1) is 9.60. The van der Waals surface area contributed by atoms with Gasteiger partial charge >= 0.3 is 0 Å². The molecule has 3 heteroatoms. The van der Waals surface area contributed by atoms with Gasteiger partial charge < -0.3 is 11.1 Å². The van der Waals surface area contributed by atoms with Crippen LogP contribution in [0.4, 0.5) is 0 Å². The maximum absolute atomic E-state index is 11.1. The Balaban J connectivity index is 1.92. The van der Waals surface area contributed by atoms with E-state index in [1.165, 1.54) is 37.7 Å². The predicted molar refractivity (Wildman–Crippen MR) is 82.6 cm³/mol. The first-order valence-electron chi connectivity index (χ1n) is 7.72. The summed E-state index contributed by atoms with van der Waals surface area (Å²) >= 11 is 0. The Morgan fingerprint density at radius 2 is 2.20 bits per heavy atom. The number of nitrogens with one attached hydrogen (secondary N) is 1. The minimum Gasteiger partial charge on any atom is -0.366 e. The summed E-state index contributed by atoms with van der Waals surface area (Å²) in [5, 5.41) is 3.68. The van der Waals surface area contributed by atoms with Gasteiger partial charge in [-0.25, -0.2) is 0 Å². The van der Waals surface area contributed by atoms with Gasteiger partial charge in [0.05, 0.1) is 0 Å². The Bertz CT molecular complexity index is 470. The Kier molecular flexibility index (Phi) is 5.18. The van der Waals surface area contributed by atoms with Crippen LogP contribution < -0.4 is 11.1 Å². The third kappa shape index (κ3) is 3.83. The van der Waals surface area contributed by atoms with Crippen LogP contribution in [0, 0.1) is 12.8 Å². The lowest BCUT2D eigenvalue weighted by Gasteiger charge is -2.29. The fourth-order valence-corrected chi connectivity index (χ4v) is 3.15. The normalized spacial score (nSPS) is 22.7. The van der Waals surface area contributed by atoms with Crippen LogP contribution in [-0.2, 0) is 6.54 Å². The molecule has 0 spiro atoms. The van der Waals surface area contributed by atoms with E-state index in [0.717, 1.165) is 18.0 Å². The molecule has 0 aromatic heterocycles. The van der Waals surface area contributed by atoms with Crippen molar-refractivity contribution in [3.05, 3.63) is 34.9 Å². The Morgan fingerprint density at radius 1 is 1.40 bits per heavy atom. The maximum Gasteiger partial charge on any atom is 0.248 e. The minimum atomic E-state index is -0.356. The van der Waals surface area contributed by atoms with Crippen molar-refractivity contribution in [1.82, 2.24) is 5.32 Å². The zero-order valence-corrected chi connectivity index (χ0v) is 12.6. The molecule has 2 unspecified atom stereocenters. The molecule has 0 saturated heterocycles. The number of benzene rings is 1. The highest BCUT2D eigenvalue weighted by atomic mass is 16.1. The summed E-state index contributed by atoms with van der Waals surface area (Å²) < 4.78 is 0. The third-order valence-electron chi connectivity index (χ3n) is 4.57. The second kappa shape index (κ2) is 6.89. The van der Waals surface area contributed by atoms with Crippen LogP contribution in [-0.4, -0.2) is 11.9 Å². The van der Waals surface area contributed by atoms with E-state index in [2.05, 4.69) is 12.2 Å². The van der Waals surface area contributed by atoms with Gasteiger partial charge in [-0.1, -0.05) is 32.3 Å². The molecule has 0 radical (unpaired) electrons. The van der Waals surface area contributed by atoms with E-state index in [-0.39, 0.29) is 5.91 Å². The van der Waals surface area contributed by atoms with Crippen LogP contribution >= 0.6 is 0 Å². The maximum atomic E-state index is 11.1. The van der Waals surface area contributed by atoms with Gasteiger partial charge in [0.25, 0.3) is 0 Å². The monoisotopic (exact) mass is 274 g/mol. The smallest absolute Gasteiger partial charge is 0.248 e. The number of amides is 1. The highest BCUT2D eigenvalue weighted by Gasteiger charge is 2.20. The summed E-state index contributed by atoms with van der Waals surface area (Å²) in [6.45, 7) is 5.21. The quantitative estimate of drug-likeness (QED) is 0.866. The molecule has 20 heavy (non-hydrogen) atoms. The Hall–Kier alpha value is -1.35. The van der Waals surface area contributed by atoms with Crippen molar-refractivity contribution in [3.63, 3.8) is 0 Å². The van der Waals surface area contributed by atoms with Crippen molar-refractivity contribution in [1.29, 1.82) is 0 Å². The zero-order valence-electron chi connectivity index (χ0n) is 12.6. The number of hydrogen-bond donors (Lipinski definition) is 2. The highest BCUT2D eigenvalue weighted by Crippen LogP contribution is 2.26. The molecule has 0 heterocycles. The van der Waals surface area contributed by atoms with Gasteiger partial charge in [-0.15, -0.1) is 0 Å². The van der Waals surface area contributed by atoms with Gasteiger partial charge in [-0.3, -0.25) is 4.79 Å². The number of hydrogen-bond acceptors (Lipinski definition) is 2. The average molecular weight is 274 g/mol. The number of primary amides is 1. The molecule has 3 N–H and O–H groups in total. The van der Waals surface area contributed by atoms with E-state index < -0.39 is 0 Å². The molecule has 1 aliphatic carbocycles. The summed E-state index contributed by atoms with van der Waals surface area (Å²) in [5.41, 5.74) is 8.29. The molecule has 1 aromatic rings. The van der Waals surface area contributed by atoms with Crippen LogP contribution in [0.3, 0.4) is 0 Å².